The lowest BCUT2D eigenvalue weighted by molar-refractivity contribution is 0.453. The van der Waals surface area contributed by atoms with Crippen molar-refractivity contribution in [3.63, 3.8) is 0 Å². The van der Waals surface area contributed by atoms with Crippen LogP contribution in [-0.4, -0.2) is 16.6 Å². The number of rotatable bonds is 4. The van der Waals surface area contributed by atoms with E-state index in [9.17, 15) is 5.11 Å². The van der Waals surface area contributed by atoms with E-state index in [4.69, 9.17) is 0 Å². The fourth-order valence-electron chi connectivity index (χ4n) is 3.13. The maximum absolute atomic E-state index is 11.0. The second kappa shape index (κ2) is 6.67. The van der Waals surface area contributed by atoms with Gasteiger partial charge in [-0.05, 0) is 41.2 Å². The molecule has 0 aromatic heterocycles. The summed E-state index contributed by atoms with van der Waals surface area (Å²) in [5, 5.41) is 16.9. The third kappa shape index (κ3) is 2.71. The Morgan fingerprint density at radius 2 is 1.77 bits per heavy atom. The smallest absolute Gasteiger partial charge is 0.132 e. The molecule has 118 valence electrons. The van der Waals surface area contributed by atoms with Gasteiger partial charge < -0.3 is 5.11 Å². The number of benzene rings is 2. The van der Waals surface area contributed by atoms with Crippen LogP contribution < -0.4 is 0 Å². The Morgan fingerprint density at radius 3 is 2.32 bits per heavy atom. The minimum absolute atomic E-state index is 0.283. The highest BCUT2D eigenvalue weighted by atomic mass is 32.3. The number of phenolic OH excluding ortho intramolecular Hbond substituents is 1. The molecule has 22 heavy (non-hydrogen) atoms. The summed E-state index contributed by atoms with van der Waals surface area (Å²) in [6.45, 7) is 10.6. The van der Waals surface area contributed by atoms with Gasteiger partial charge in [0.25, 0.3) is 0 Å². The minimum Gasteiger partial charge on any atom is -0.506 e. The quantitative estimate of drug-likeness (QED) is 0.701. The predicted octanol–water partition coefficient (Wildman–Crippen LogP) is 5.85. The van der Waals surface area contributed by atoms with Crippen molar-refractivity contribution in [1.29, 1.82) is 0 Å². The van der Waals surface area contributed by atoms with Crippen LogP contribution in [0.3, 0.4) is 0 Å². The molecule has 0 spiro atoms. The van der Waals surface area contributed by atoms with Gasteiger partial charge in [-0.2, -0.15) is 0 Å². The molecule has 0 saturated carbocycles. The van der Waals surface area contributed by atoms with Gasteiger partial charge in [-0.25, -0.2) is 0 Å². The van der Waals surface area contributed by atoms with E-state index in [1.807, 2.05) is 13.0 Å². The van der Waals surface area contributed by atoms with Gasteiger partial charge in [0.05, 0.1) is 0 Å². The maximum Gasteiger partial charge on any atom is 0.132 e. The molecule has 0 heterocycles. The van der Waals surface area contributed by atoms with E-state index < -0.39 is 10.0 Å². The molecule has 0 bridgehead atoms. The number of phenols is 1. The molecular formula is C20H26OS. The fourth-order valence-corrected chi connectivity index (χ4v) is 5.78. The molecule has 0 saturated heterocycles. The van der Waals surface area contributed by atoms with Gasteiger partial charge in [0.1, 0.15) is 5.75 Å². The zero-order chi connectivity index (χ0) is 16.3. The molecular weight excluding hydrogens is 288 g/mol. The second-order valence-electron chi connectivity index (χ2n) is 5.83. The van der Waals surface area contributed by atoms with Crippen LogP contribution in [0.15, 0.2) is 35.2 Å². The van der Waals surface area contributed by atoms with Crippen LogP contribution >= 0.6 is 10.0 Å². The van der Waals surface area contributed by atoms with Crippen molar-refractivity contribution >= 4 is 20.8 Å². The molecule has 0 fully saturated rings. The Kier molecular flexibility index (Phi) is 5.08. The van der Waals surface area contributed by atoms with Crippen LogP contribution in [0.4, 0.5) is 0 Å². The van der Waals surface area contributed by atoms with Crippen molar-refractivity contribution in [3.8, 4) is 16.9 Å². The average molecular weight is 314 g/mol. The zero-order valence-electron chi connectivity index (χ0n) is 14.2. The zero-order valence-corrected chi connectivity index (χ0v) is 15.1. The van der Waals surface area contributed by atoms with Crippen LogP contribution in [0.1, 0.15) is 46.1 Å². The van der Waals surface area contributed by atoms with Gasteiger partial charge in [0.15, 0.2) is 0 Å². The van der Waals surface area contributed by atoms with Crippen LogP contribution in [0.2, 0.25) is 0 Å². The summed E-state index contributed by atoms with van der Waals surface area (Å²) in [7, 11) is -1.29. The summed E-state index contributed by atoms with van der Waals surface area (Å²) in [6.07, 6.45) is 0. The Hall–Kier alpha value is -1.59. The monoisotopic (exact) mass is 314 g/mol. The van der Waals surface area contributed by atoms with Crippen molar-refractivity contribution in [2.24, 2.45) is 0 Å². The topological polar surface area (TPSA) is 20.2 Å². The lowest BCUT2D eigenvalue weighted by Crippen LogP contribution is -2.06. The van der Waals surface area contributed by atoms with Crippen LogP contribution in [0.5, 0.6) is 5.75 Å². The standard InChI is InChI=1S/C20H26OS/c1-6-13-22(7-2,8-3)18-14-16-11-9-10-12-17(16)19(15(4)5)20(18)21/h9-12,14-15,21H,7-8H2,1-5H3. The van der Waals surface area contributed by atoms with E-state index in [1.54, 1.807) is 0 Å². The minimum atomic E-state index is -1.29. The summed E-state index contributed by atoms with van der Waals surface area (Å²) < 4.78 is 0. The van der Waals surface area contributed by atoms with E-state index >= 15 is 0 Å². The molecule has 0 aliphatic rings. The molecule has 2 heteroatoms. The first-order chi connectivity index (χ1) is 10.5. The number of fused-ring (bicyclic) bond motifs is 1. The van der Waals surface area contributed by atoms with E-state index in [1.165, 1.54) is 5.39 Å². The first-order valence-corrected chi connectivity index (χ1v) is 9.94. The lowest BCUT2D eigenvalue weighted by atomic mass is 9.95. The Morgan fingerprint density at radius 1 is 1.14 bits per heavy atom. The van der Waals surface area contributed by atoms with Crippen molar-refractivity contribution in [3.05, 3.63) is 35.9 Å². The molecule has 1 nitrogen and oxygen atoms in total. The molecule has 2 aromatic carbocycles. The van der Waals surface area contributed by atoms with Crippen molar-refractivity contribution in [2.45, 2.75) is 45.4 Å². The van der Waals surface area contributed by atoms with Gasteiger partial charge in [-0.15, -0.1) is 10.0 Å². The van der Waals surface area contributed by atoms with Gasteiger partial charge in [0, 0.05) is 10.5 Å². The van der Waals surface area contributed by atoms with Crippen LogP contribution in [0.25, 0.3) is 10.8 Å². The Bertz CT molecular complexity index is 730. The van der Waals surface area contributed by atoms with Crippen LogP contribution in [-0.2, 0) is 0 Å². The summed E-state index contributed by atoms with van der Waals surface area (Å²) in [5.74, 6) is 5.82. The maximum atomic E-state index is 11.0. The number of hydrogen-bond donors (Lipinski definition) is 1. The molecule has 2 rings (SSSR count). The molecule has 0 aliphatic carbocycles. The number of aromatic hydroxyl groups is 1. The van der Waals surface area contributed by atoms with Crippen molar-refractivity contribution < 1.29 is 5.11 Å². The SMILES string of the molecule is CC#CS(CC)(CC)c1cc2ccccc2c(C(C)C)c1O. The first kappa shape index (κ1) is 16.8. The predicted molar refractivity (Wildman–Crippen MR) is 100 cm³/mol. The van der Waals surface area contributed by atoms with E-state index in [-0.39, 0.29) is 5.92 Å². The average Bonchev–Trinajstić information content (AvgIpc) is 2.52. The summed E-state index contributed by atoms with van der Waals surface area (Å²) >= 11 is 0. The molecule has 0 aliphatic heterocycles. The Labute approximate surface area is 136 Å². The largest absolute Gasteiger partial charge is 0.506 e. The fraction of sp³-hybridized carbons (Fsp3) is 0.400. The summed E-state index contributed by atoms with van der Waals surface area (Å²) in [4.78, 5) is 1.06. The molecule has 0 unspecified atom stereocenters. The molecule has 1 N–H and O–H groups in total. The van der Waals surface area contributed by atoms with E-state index in [0.717, 1.165) is 27.4 Å². The highest BCUT2D eigenvalue weighted by Gasteiger charge is 2.27. The number of hydrogen-bond acceptors (Lipinski definition) is 1. The van der Waals surface area contributed by atoms with Gasteiger partial charge in [-0.1, -0.05) is 63.1 Å². The van der Waals surface area contributed by atoms with Gasteiger partial charge in [0.2, 0.25) is 0 Å². The lowest BCUT2D eigenvalue weighted by Gasteiger charge is -2.34. The third-order valence-electron chi connectivity index (χ3n) is 4.31. The summed E-state index contributed by atoms with van der Waals surface area (Å²) in [6, 6.07) is 10.5. The molecule has 0 atom stereocenters. The third-order valence-corrected chi connectivity index (χ3v) is 8.03. The molecule has 0 amide bonds. The normalized spacial score (nSPS) is 12.3. The van der Waals surface area contributed by atoms with Crippen molar-refractivity contribution in [1.82, 2.24) is 0 Å². The first-order valence-electron chi connectivity index (χ1n) is 7.97. The Balaban J connectivity index is 2.89. The van der Waals surface area contributed by atoms with Crippen LogP contribution in [0, 0.1) is 11.2 Å². The van der Waals surface area contributed by atoms with Gasteiger partial charge in [-0.3, -0.25) is 0 Å². The molecule has 2 aromatic rings. The van der Waals surface area contributed by atoms with E-state index in [2.05, 4.69) is 63.1 Å². The summed E-state index contributed by atoms with van der Waals surface area (Å²) in [5.41, 5.74) is 1.06. The van der Waals surface area contributed by atoms with E-state index in [0.29, 0.717) is 5.75 Å². The van der Waals surface area contributed by atoms with Gasteiger partial charge >= 0.3 is 0 Å². The highest BCUT2D eigenvalue weighted by molar-refractivity contribution is 8.37. The second-order valence-corrected chi connectivity index (χ2v) is 9.39. The highest BCUT2D eigenvalue weighted by Crippen LogP contribution is 2.59. The molecule has 0 radical (unpaired) electrons. The van der Waals surface area contributed by atoms with Crippen molar-refractivity contribution in [2.75, 3.05) is 11.5 Å².